The van der Waals surface area contributed by atoms with Crippen LogP contribution in [0.2, 0.25) is 0 Å². The lowest BCUT2D eigenvalue weighted by atomic mass is 10.2. The SMILES string of the molecule is Cc1ccccc1Nc1ccc(S(=O)[O-])cc1. The van der Waals surface area contributed by atoms with Crippen LogP contribution in [0.5, 0.6) is 0 Å². The molecule has 2 rings (SSSR count). The van der Waals surface area contributed by atoms with Gasteiger partial charge in [0.05, 0.1) is 0 Å². The van der Waals surface area contributed by atoms with Crippen LogP contribution in [0.3, 0.4) is 0 Å². The highest BCUT2D eigenvalue weighted by molar-refractivity contribution is 7.79. The highest BCUT2D eigenvalue weighted by Gasteiger charge is 1.98. The second-order valence-corrected chi connectivity index (χ2v) is 4.64. The maximum Gasteiger partial charge on any atom is 0.0413 e. The lowest BCUT2D eigenvalue weighted by Gasteiger charge is -2.10. The first-order valence-electron chi connectivity index (χ1n) is 5.19. The molecular formula is C13H12NO2S-. The molecule has 0 amide bonds. The molecule has 88 valence electrons. The minimum atomic E-state index is -2.17. The Morgan fingerprint density at radius 3 is 2.29 bits per heavy atom. The summed E-state index contributed by atoms with van der Waals surface area (Å²) in [6, 6.07) is 14.6. The van der Waals surface area contributed by atoms with Crippen LogP contribution in [-0.2, 0) is 11.1 Å². The summed E-state index contributed by atoms with van der Waals surface area (Å²) < 4.78 is 21.4. The Bertz CT molecular complexity index is 537. The second-order valence-electron chi connectivity index (χ2n) is 3.70. The fourth-order valence-corrected chi connectivity index (χ4v) is 1.88. The van der Waals surface area contributed by atoms with Crippen molar-refractivity contribution in [2.45, 2.75) is 11.8 Å². The largest absolute Gasteiger partial charge is 0.768 e. The minimum Gasteiger partial charge on any atom is -0.768 e. The average molecular weight is 246 g/mol. The summed E-state index contributed by atoms with van der Waals surface area (Å²) in [6.45, 7) is 2.02. The standard InChI is InChI=1S/C13H13NO2S/c1-10-4-2-3-5-13(10)14-11-6-8-12(9-7-11)17(15)16/h2-9,14H,1H3,(H,15,16)/p-1. The van der Waals surface area contributed by atoms with Crippen LogP contribution in [-0.4, -0.2) is 8.76 Å². The van der Waals surface area contributed by atoms with E-state index in [9.17, 15) is 8.76 Å². The van der Waals surface area contributed by atoms with Crippen LogP contribution in [0.4, 0.5) is 11.4 Å². The van der Waals surface area contributed by atoms with Crippen LogP contribution >= 0.6 is 0 Å². The smallest absolute Gasteiger partial charge is 0.0413 e. The summed E-state index contributed by atoms with van der Waals surface area (Å²) >= 11 is -2.17. The van der Waals surface area contributed by atoms with Crippen LogP contribution in [0.15, 0.2) is 53.4 Å². The van der Waals surface area contributed by atoms with Crippen LogP contribution in [0.1, 0.15) is 5.56 Å². The van der Waals surface area contributed by atoms with Gasteiger partial charge in [-0.3, -0.25) is 4.21 Å². The summed E-state index contributed by atoms with van der Waals surface area (Å²) in [7, 11) is 0. The molecule has 0 aliphatic carbocycles. The molecule has 0 bridgehead atoms. The molecule has 0 aliphatic heterocycles. The van der Waals surface area contributed by atoms with E-state index in [0.29, 0.717) is 4.90 Å². The lowest BCUT2D eigenvalue weighted by molar-refractivity contribution is 0.537. The van der Waals surface area contributed by atoms with Gasteiger partial charge in [-0.05, 0) is 53.9 Å². The van der Waals surface area contributed by atoms with Crippen LogP contribution in [0.25, 0.3) is 0 Å². The molecule has 0 saturated heterocycles. The maximum absolute atomic E-state index is 10.7. The molecule has 2 aromatic rings. The molecule has 0 radical (unpaired) electrons. The molecule has 17 heavy (non-hydrogen) atoms. The Kier molecular flexibility index (Phi) is 3.56. The van der Waals surface area contributed by atoms with Gasteiger partial charge in [0.1, 0.15) is 0 Å². The molecular weight excluding hydrogens is 234 g/mol. The summed E-state index contributed by atoms with van der Waals surface area (Å²) in [5, 5.41) is 3.24. The number of aryl methyl sites for hydroxylation is 1. The number of nitrogens with one attached hydrogen (secondary N) is 1. The first-order chi connectivity index (χ1) is 8.16. The van der Waals surface area contributed by atoms with Crippen LogP contribution in [0, 0.1) is 6.92 Å². The van der Waals surface area contributed by atoms with Crippen molar-refractivity contribution in [3.63, 3.8) is 0 Å². The summed E-state index contributed by atoms with van der Waals surface area (Å²) in [5.74, 6) is 0. The van der Waals surface area contributed by atoms with Gasteiger partial charge in [0, 0.05) is 16.3 Å². The van der Waals surface area contributed by atoms with Crippen molar-refractivity contribution in [3.8, 4) is 0 Å². The summed E-state index contributed by atoms with van der Waals surface area (Å²) in [4.78, 5) is 0.292. The van der Waals surface area contributed by atoms with Crippen molar-refractivity contribution in [1.29, 1.82) is 0 Å². The third-order valence-corrected chi connectivity index (χ3v) is 3.13. The number of rotatable bonds is 3. The van der Waals surface area contributed by atoms with E-state index < -0.39 is 11.1 Å². The minimum absolute atomic E-state index is 0.292. The van der Waals surface area contributed by atoms with E-state index in [-0.39, 0.29) is 0 Å². The zero-order valence-electron chi connectivity index (χ0n) is 9.34. The topological polar surface area (TPSA) is 52.2 Å². The molecule has 1 N–H and O–H groups in total. The fraction of sp³-hybridized carbons (Fsp3) is 0.0769. The number of benzene rings is 2. The van der Waals surface area contributed by atoms with Crippen molar-refractivity contribution in [2.75, 3.05) is 5.32 Å². The van der Waals surface area contributed by atoms with E-state index in [4.69, 9.17) is 0 Å². The molecule has 2 aromatic carbocycles. The third kappa shape index (κ3) is 2.93. The third-order valence-electron chi connectivity index (χ3n) is 2.47. The van der Waals surface area contributed by atoms with Crippen molar-refractivity contribution >= 4 is 22.5 Å². The maximum atomic E-state index is 10.7. The number of para-hydroxylation sites is 1. The molecule has 3 nitrogen and oxygen atoms in total. The van der Waals surface area contributed by atoms with E-state index in [1.807, 2.05) is 31.2 Å². The number of hydrogen-bond acceptors (Lipinski definition) is 3. The number of anilines is 2. The van der Waals surface area contributed by atoms with Gasteiger partial charge in [-0.25, -0.2) is 0 Å². The van der Waals surface area contributed by atoms with E-state index in [1.165, 1.54) is 0 Å². The quantitative estimate of drug-likeness (QED) is 0.847. The molecule has 4 heteroatoms. The zero-order chi connectivity index (χ0) is 12.3. The Labute approximate surface area is 103 Å². The van der Waals surface area contributed by atoms with Gasteiger partial charge >= 0.3 is 0 Å². The van der Waals surface area contributed by atoms with E-state index in [0.717, 1.165) is 16.9 Å². The molecule has 0 spiro atoms. The van der Waals surface area contributed by atoms with Crippen molar-refractivity contribution in [1.82, 2.24) is 0 Å². The van der Waals surface area contributed by atoms with Gasteiger partial charge in [0.2, 0.25) is 0 Å². The van der Waals surface area contributed by atoms with E-state index >= 15 is 0 Å². The zero-order valence-corrected chi connectivity index (χ0v) is 10.2. The fourth-order valence-electron chi connectivity index (χ4n) is 1.52. The summed E-state index contributed by atoms with van der Waals surface area (Å²) in [6.07, 6.45) is 0. The predicted octanol–water partition coefficient (Wildman–Crippen LogP) is 2.98. The summed E-state index contributed by atoms with van der Waals surface area (Å²) in [5.41, 5.74) is 3.03. The molecule has 0 aliphatic rings. The van der Waals surface area contributed by atoms with Crippen molar-refractivity contribution in [3.05, 3.63) is 54.1 Å². The monoisotopic (exact) mass is 246 g/mol. The van der Waals surface area contributed by atoms with Crippen molar-refractivity contribution < 1.29 is 8.76 Å². The highest BCUT2D eigenvalue weighted by Crippen LogP contribution is 2.20. The molecule has 0 fully saturated rings. The number of hydrogen-bond donors (Lipinski definition) is 1. The van der Waals surface area contributed by atoms with Crippen molar-refractivity contribution in [2.24, 2.45) is 0 Å². The predicted molar refractivity (Wildman–Crippen MR) is 68.1 cm³/mol. The molecule has 0 saturated carbocycles. The molecule has 1 atom stereocenters. The molecule has 0 aromatic heterocycles. The Morgan fingerprint density at radius 2 is 1.71 bits per heavy atom. The first kappa shape index (κ1) is 11.8. The van der Waals surface area contributed by atoms with Gasteiger partial charge in [0.15, 0.2) is 0 Å². The normalized spacial score (nSPS) is 12.1. The van der Waals surface area contributed by atoms with Crippen LogP contribution < -0.4 is 5.32 Å². The Hall–Kier alpha value is -1.65. The van der Waals surface area contributed by atoms with E-state index in [2.05, 4.69) is 5.32 Å². The van der Waals surface area contributed by atoms with E-state index in [1.54, 1.807) is 24.3 Å². The average Bonchev–Trinajstić information content (AvgIpc) is 2.33. The van der Waals surface area contributed by atoms with Gasteiger partial charge in [-0.1, -0.05) is 18.2 Å². The Morgan fingerprint density at radius 1 is 1.06 bits per heavy atom. The Balaban J connectivity index is 2.20. The molecule has 0 heterocycles. The highest BCUT2D eigenvalue weighted by atomic mass is 32.2. The molecule has 1 unspecified atom stereocenters. The van der Waals surface area contributed by atoms with Gasteiger partial charge in [-0.15, -0.1) is 0 Å². The first-order valence-corrected chi connectivity index (χ1v) is 6.26. The van der Waals surface area contributed by atoms with Gasteiger partial charge < -0.3 is 9.87 Å². The lowest BCUT2D eigenvalue weighted by Crippen LogP contribution is -1.94. The second kappa shape index (κ2) is 5.12. The van der Waals surface area contributed by atoms with Gasteiger partial charge in [0.25, 0.3) is 0 Å². The van der Waals surface area contributed by atoms with Gasteiger partial charge in [-0.2, -0.15) is 0 Å².